The van der Waals surface area contributed by atoms with Gasteiger partial charge < -0.3 is 0 Å². The van der Waals surface area contributed by atoms with Crippen molar-refractivity contribution >= 4 is 11.1 Å². The molecule has 1 aliphatic rings. The Morgan fingerprint density at radius 3 is 1.96 bits per heavy atom. The number of fused-ring (bicyclic) bond motifs is 1. The van der Waals surface area contributed by atoms with Crippen molar-refractivity contribution in [2.24, 2.45) is 0 Å². The van der Waals surface area contributed by atoms with Gasteiger partial charge in [0.05, 0.1) is 0 Å². The summed E-state index contributed by atoms with van der Waals surface area (Å²) in [5.41, 5.74) is 13.9. The average Bonchev–Trinajstić information content (AvgIpc) is 2.94. The van der Waals surface area contributed by atoms with Crippen molar-refractivity contribution in [3.8, 4) is 0 Å². The molecule has 0 N–H and O–H groups in total. The van der Waals surface area contributed by atoms with E-state index in [9.17, 15) is 0 Å². The standard InChI is InChI=1S/C25H24/c1-16-10-17(2)13-21(12-16)25-23(20-8-6-5-7-9-20)15-22-19(4)11-18(3)14-24(22)25/h5-14H,15H2,1-4H3. The summed E-state index contributed by atoms with van der Waals surface area (Å²) in [6, 6.07) is 22.5. The summed E-state index contributed by atoms with van der Waals surface area (Å²) in [4.78, 5) is 0. The number of benzene rings is 3. The minimum atomic E-state index is 1.02. The van der Waals surface area contributed by atoms with Gasteiger partial charge in [0, 0.05) is 0 Å². The lowest BCUT2D eigenvalue weighted by molar-refractivity contribution is 1.23. The second-order valence-corrected chi connectivity index (χ2v) is 7.38. The second-order valence-electron chi connectivity index (χ2n) is 7.38. The van der Waals surface area contributed by atoms with Gasteiger partial charge in [0.1, 0.15) is 0 Å². The third kappa shape index (κ3) is 2.82. The van der Waals surface area contributed by atoms with Gasteiger partial charge in [-0.3, -0.25) is 0 Å². The monoisotopic (exact) mass is 324 g/mol. The molecular formula is C25H24. The lowest BCUT2D eigenvalue weighted by Gasteiger charge is -2.13. The van der Waals surface area contributed by atoms with Gasteiger partial charge in [0.15, 0.2) is 0 Å². The van der Waals surface area contributed by atoms with E-state index in [-0.39, 0.29) is 0 Å². The normalized spacial score (nSPS) is 13.3. The maximum atomic E-state index is 2.37. The van der Waals surface area contributed by atoms with Crippen molar-refractivity contribution in [2.45, 2.75) is 34.1 Å². The summed E-state index contributed by atoms with van der Waals surface area (Å²) in [5.74, 6) is 0. The number of allylic oxidation sites excluding steroid dienone is 1. The van der Waals surface area contributed by atoms with Crippen molar-refractivity contribution in [1.82, 2.24) is 0 Å². The molecule has 0 radical (unpaired) electrons. The van der Waals surface area contributed by atoms with Crippen LogP contribution in [0.5, 0.6) is 0 Å². The van der Waals surface area contributed by atoms with Crippen LogP contribution in [0.25, 0.3) is 11.1 Å². The molecule has 3 aromatic carbocycles. The third-order valence-electron chi connectivity index (χ3n) is 5.17. The highest BCUT2D eigenvalue weighted by Gasteiger charge is 2.25. The summed E-state index contributed by atoms with van der Waals surface area (Å²) in [6.45, 7) is 8.83. The Labute approximate surface area is 150 Å². The first-order chi connectivity index (χ1) is 12.0. The van der Waals surface area contributed by atoms with Gasteiger partial charge in [-0.05, 0) is 73.1 Å². The van der Waals surface area contributed by atoms with Crippen LogP contribution < -0.4 is 0 Å². The zero-order valence-electron chi connectivity index (χ0n) is 15.5. The fourth-order valence-electron chi connectivity index (χ4n) is 4.22. The van der Waals surface area contributed by atoms with Gasteiger partial charge in [0.2, 0.25) is 0 Å². The summed E-state index contributed by atoms with van der Waals surface area (Å²) < 4.78 is 0. The molecule has 0 nitrogen and oxygen atoms in total. The largest absolute Gasteiger partial charge is 0.0622 e. The molecule has 0 amide bonds. The van der Waals surface area contributed by atoms with Crippen LogP contribution in [0.2, 0.25) is 0 Å². The van der Waals surface area contributed by atoms with E-state index in [0.29, 0.717) is 0 Å². The van der Waals surface area contributed by atoms with Crippen LogP contribution in [0.15, 0.2) is 60.7 Å². The lowest BCUT2D eigenvalue weighted by atomic mass is 9.91. The van der Waals surface area contributed by atoms with Crippen LogP contribution in [0.3, 0.4) is 0 Å². The highest BCUT2D eigenvalue weighted by atomic mass is 14.3. The molecule has 3 aromatic rings. The average molecular weight is 324 g/mol. The summed E-state index contributed by atoms with van der Waals surface area (Å²) in [7, 11) is 0. The summed E-state index contributed by atoms with van der Waals surface area (Å²) >= 11 is 0. The van der Waals surface area contributed by atoms with E-state index in [0.717, 1.165) is 6.42 Å². The van der Waals surface area contributed by atoms with E-state index in [1.807, 2.05) is 0 Å². The Kier molecular flexibility index (Phi) is 3.84. The molecule has 1 aliphatic carbocycles. The molecule has 0 aliphatic heterocycles. The van der Waals surface area contributed by atoms with Crippen LogP contribution >= 0.6 is 0 Å². The van der Waals surface area contributed by atoms with Gasteiger partial charge in [-0.25, -0.2) is 0 Å². The highest BCUT2D eigenvalue weighted by molar-refractivity contribution is 6.04. The molecule has 0 heterocycles. The Balaban J connectivity index is 2.03. The maximum absolute atomic E-state index is 2.37. The highest BCUT2D eigenvalue weighted by Crippen LogP contribution is 2.44. The molecule has 0 saturated carbocycles. The van der Waals surface area contributed by atoms with Gasteiger partial charge in [-0.2, -0.15) is 0 Å². The van der Waals surface area contributed by atoms with Crippen molar-refractivity contribution < 1.29 is 0 Å². The minimum absolute atomic E-state index is 1.02. The molecule has 0 fully saturated rings. The van der Waals surface area contributed by atoms with Crippen molar-refractivity contribution in [3.05, 3.63) is 105 Å². The van der Waals surface area contributed by atoms with E-state index in [4.69, 9.17) is 0 Å². The van der Waals surface area contributed by atoms with E-state index in [1.165, 1.54) is 55.7 Å². The minimum Gasteiger partial charge on any atom is -0.0622 e. The molecule has 0 saturated heterocycles. The second kappa shape index (κ2) is 6.04. The molecule has 0 bridgehead atoms. The van der Waals surface area contributed by atoms with Crippen molar-refractivity contribution in [2.75, 3.05) is 0 Å². The van der Waals surface area contributed by atoms with E-state index >= 15 is 0 Å². The smallest absolute Gasteiger partial charge is 0.000465 e. The molecule has 25 heavy (non-hydrogen) atoms. The molecule has 0 aromatic heterocycles. The van der Waals surface area contributed by atoms with Gasteiger partial charge in [0.25, 0.3) is 0 Å². The Morgan fingerprint density at radius 1 is 0.640 bits per heavy atom. The lowest BCUT2D eigenvalue weighted by Crippen LogP contribution is -1.93. The van der Waals surface area contributed by atoms with Crippen LogP contribution in [0.4, 0.5) is 0 Å². The first kappa shape index (κ1) is 15.9. The first-order valence-electron chi connectivity index (χ1n) is 9.00. The van der Waals surface area contributed by atoms with Gasteiger partial charge in [-0.15, -0.1) is 0 Å². The van der Waals surface area contributed by atoms with Crippen LogP contribution in [0.1, 0.15) is 44.5 Å². The molecule has 0 spiro atoms. The zero-order valence-corrected chi connectivity index (χ0v) is 15.5. The molecular weight excluding hydrogens is 300 g/mol. The van der Waals surface area contributed by atoms with E-state index < -0.39 is 0 Å². The van der Waals surface area contributed by atoms with Crippen molar-refractivity contribution in [1.29, 1.82) is 0 Å². The third-order valence-corrected chi connectivity index (χ3v) is 5.17. The fourth-order valence-corrected chi connectivity index (χ4v) is 4.22. The van der Waals surface area contributed by atoms with Crippen LogP contribution in [0, 0.1) is 27.7 Å². The predicted molar refractivity (Wildman–Crippen MR) is 108 cm³/mol. The van der Waals surface area contributed by atoms with Gasteiger partial charge in [-0.1, -0.05) is 77.4 Å². The van der Waals surface area contributed by atoms with Gasteiger partial charge >= 0.3 is 0 Å². The maximum Gasteiger partial charge on any atom is -0.000465 e. The Morgan fingerprint density at radius 2 is 1.28 bits per heavy atom. The van der Waals surface area contributed by atoms with Crippen LogP contribution in [-0.2, 0) is 6.42 Å². The molecule has 0 heteroatoms. The number of rotatable bonds is 2. The molecule has 0 atom stereocenters. The van der Waals surface area contributed by atoms with Crippen LogP contribution in [-0.4, -0.2) is 0 Å². The SMILES string of the molecule is Cc1cc(C)cc(C2=C(c3ccccc3)Cc3c(C)cc(C)cc32)c1. The summed E-state index contributed by atoms with van der Waals surface area (Å²) in [6.07, 6.45) is 1.02. The first-order valence-corrected chi connectivity index (χ1v) is 9.00. The number of aryl methyl sites for hydroxylation is 4. The molecule has 124 valence electrons. The number of hydrogen-bond acceptors (Lipinski definition) is 0. The summed E-state index contributed by atoms with van der Waals surface area (Å²) in [5, 5.41) is 0. The molecule has 0 unspecified atom stereocenters. The van der Waals surface area contributed by atoms with E-state index in [1.54, 1.807) is 0 Å². The van der Waals surface area contributed by atoms with E-state index in [2.05, 4.69) is 88.4 Å². The topological polar surface area (TPSA) is 0 Å². The Hall–Kier alpha value is -2.60. The number of hydrogen-bond donors (Lipinski definition) is 0. The fraction of sp³-hybridized carbons (Fsp3) is 0.200. The Bertz CT molecular complexity index is 968. The van der Waals surface area contributed by atoms with Crippen molar-refractivity contribution in [3.63, 3.8) is 0 Å². The predicted octanol–water partition coefficient (Wildman–Crippen LogP) is 6.44. The zero-order chi connectivity index (χ0) is 17.6. The quantitative estimate of drug-likeness (QED) is 0.509. The molecule has 4 rings (SSSR count).